The zero-order valence-electron chi connectivity index (χ0n) is 10.7. The fourth-order valence-corrected chi connectivity index (χ4v) is 3.74. The molecular formula is C15H26. The second kappa shape index (κ2) is 3.96. The van der Waals surface area contributed by atoms with Crippen molar-refractivity contribution in [2.75, 3.05) is 0 Å². The molecule has 0 aromatic heterocycles. The summed E-state index contributed by atoms with van der Waals surface area (Å²) in [5.41, 5.74) is 2.16. The smallest absolute Gasteiger partial charge is 0.0167 e. The van der Waals surface area contributed by atoms with Crippen molar-refractivity contribution in [2.45, 2.75) is 59.3 Å². The van der Waals surface area contributed by atoms with Crippen LogP contribution in [0.1, 0.15) is 59.3 Å². The first kappa shape index (κ1) is 11.2. The van der Waals surface area contributed by atoms with E-state index >= 15 is 0 Å². The number of hydrogen-bond acceptors (Lipinski definition) is 0. The molecule has 2 fully saturated rings. The maximum atomic E-state index is 4.33. The van der Waals surface area contributed by atoms with Gasteiger partial charge in [0.1, 0.15) is 0 Å². The maximum Gasteiger partial charge on any atom is -0.0167 e. The molecule has 0 spiro atoms. The Bertz CT molecular complexity index is 249. The summed E-state index contributed by atoms with van der Waals surface area (Å²) in [5, 5.41) is 0. The largest absolute Gasteiger partial charge is 0.0996 e. The summed E-state index contributed by atoms with van der Waals surface area (Å²) >= 11 is 0. The van der Waals surface area contributed by atoms with Gasteiger partial charge in [0, 0.05) is 0 Å². The molecule has 86 valence electrons. The molecule has 2 aliphatic carbocycles. The summed E-state index contributed by atoms with van der Waals surface area (Å²) in [6, 6.07) is 0. The number of fused-ring (bicyclic) bond motifs is 1. The van der Waals surface area contributed by atoms with Crippen LogP contribution in [0.25, 0.3) is 0 Å². The van der Waals surface area contributed by atoms with Crippen molar-refractivity contribution in [3.05, 3.63) is 12.2 Å². The highest BCUT2D eigenvalue weighted by Crippen LogP contribution is 2.56. The molecule has 2 aliphatic rings. The van der Waals surface area contributed by atoms with Gasteiger partial charge in [-0.15, -0.1) is 0 Å². The molecule has 0 radical (unpaired) electrons. The van der Waals surface area contributed by atoms with Crippen LogP contribution in [-0.2, 0) is 0 Å². The molecule has 0 nitrogen and oxygen atoms in total. The Morgan fingerprint density at radius 2 is 1.93 bits per heavy atom. The Labute approximate surface area is 95.1 Å². The molecular weight excluding hydrogens is 180 g/mol. The summed E-state index contributed by atoms with van der Waals surface area (Å²) < 4.78 is 0. The average Bonchev–Trinajstić information content (AvgIpc) is 2.18. The molecule has 0 aromatic carbocycles. The van der Waals surface area contributed by atoms with Crippen molar-refractivity contribution in [1.29, 1.82) is 0 Å². The van der Waals surface area contributed by atoms with Crippen molar-refractivity contribution in [3.63, 3.8) is 0 Å². The van der Waals surface area contributed by atoms with Crippen LogP contribution in [0.5, 0.6) is 0 Å². The summed E-state index contributed by atoms with van der Waals surface area (Å²) in [7, 11) is 0. The third-order valence-corrected chi connectivity index (χ3v) is 4.93. The summed E-state index contributed by atoms with van der Waals surface area (Å²) in [6.45, 7) is 11.7. The number of hydrogen-bond donors (Lipinski definition) is 0. The maximum absolute atomic E-state index is 4.33. The standard InChI is InChI=1S/C15H26/c1-11-6-5-7-12(2)13-10-15(3,4)14(13)9-8-11/h11,13-14H,2,5-10H2,1,3-4H3/t11-,13+,14+/m1/s1. The molecule has 3 atom stereocenters. The molecule has 15 heavy (non-hydrogen) atoms. The zero-order chi connectivity index (χ0) is 11.1. The van der Waals surface area contributed by atoms with E-state index in [4.69, 9.17) is 0 Å². The normalized spacial score (nSPS) is 40.7. The van der Waals surface area contributed by atoms with Gasteiger partial charge in [0.05, 0.1) is 0 Å². The summed E-state index contributed by atoms with van der Waals surface area (Å²) in [4.78, 5) is 0. The van der Waals surface area contributed by atoms with Crippen molar-refractivity contribution >= 4 is 0 Å². The molecule has 0 heteroatoms. The van der Waals surface area contributed by atoms with Crippen LogP contribution < -0.4 is 0 Å². The Balaban J connectivity index is 2.06. The van der Waals surface area contributed by atoms with E-state index in [1.54, 1.807) is 5.57 Å². The van der Waals surface area contributed by atoms with Crippen LogP contribution in [0.3, 0.4) is 0 Å². The Morgan fingerprint density at radius 3 is 2.60 bits per heavy atom. The van der Waals surface area contributed by atoms with Gasteiger partial charge in [-0.1, -0.05) is 45.8 Å². The van der Waals surface area contributed by atoms with Crippen molar-refractivity contribution in [2.24, 2.45) is 23.2 Å². The van der Waals surface area contributed by atoms with Gasteiger partial charge in [-0.05, 0) is 48.9 Å². The molecule has 0 aliphatic heterocycles. The van der Waals surface area contributed by atoms with E-state index in [0.29, 0.717) is 5.41 Å². The van der Waals surface area contributed by atoms with E-state index < -0.39 is 0 Å². The second-order valence-corrected chi connectivity index (χ2v) is 6.64. The lowest BCUT2D eigenvalue weighted by molar-refractivity contribution is 0.000898. The Morgan fingerprint density at radius 1 is 1.20 bits per heavy atom. The zero-order valence-corrected chi connectivity index (χ0v) is 10.7. The molecule has 0 amide bonds. The first-order chi connectivity index (χ1) is 7.00. The third-order valence-electron chi connectivity index (χ3n) is 4.93. The highest BCUT2D eigenvalue weighted by atomic mass is 14.5. The second-order valence-electron chi connectivity index (χ2n) is 6.64. The van der Waals surface area contributed by atoms with E-state index in [-0.39, 0.29) is 0 Å². The van der Waals surface area contributed by atoms with E-state index in [1.807, 2.05) is 0 Å². The minimum Gasteiger partial charge on any atom is -0.0996 e. The lowest BCUT2D eigenvalue weighted by Crippen LogP contribution is -2.44. The molecule has 2 saturated carbocycles. The number of rotatable bonds is 0. The molecule has 2 rings (SSSR count). The van der Waals surface area contributed by atoms with Crippen LogP contribution >= 0.6 is 0 Å². The fraction of sp³-hybridized carbons (Fsp3) is 0.867. The SMILES string of the molecule is C=C1CCC[C@@H](C)CC[C@H]2[C@H]1CC2(C)C. The van der Waals surface area contributed by atoms with Gasteiger partial charge in [-0.2, -0.15) is 0 Å². The average molecular weight is 206 g/mol. The minimum atomic E-state index is 0.595. The van der Waals surface area contributed by atoms with Crippen molar-refractivity contribution < 1.29 is 0 Å². The summed E-state index contributed by atoms with van der Waals surface area (Å²) in [6.07, 6.45) is 8.37. The van der Waals surface area contributed by atoms with E-state index in [2.05, 4.69) is 27.4 Å². The lowest BCUT2D eigenvalue weighted by Gasteiger charge is -2.53. The molecule has 0 saturated heterocycles. The van der Waals surface area contributed by atoms with Crippen LogP contribution in [0, 0.1) is 23.2 Å². The lowest BCUT2D eigenvalue weighted by atomic mass is 9.52. The van der Waals surface area contributed by atoms with Crippen LogP contribution in [0.4, 0.5) is 0 Å². The van der Waals surface area contributed by atoms with Crippen molar-refractivity contribution in [3.8, 4) is 0 Å². The minimum absolute atomic E-state index is 0.595. The van der Waals surface area contributed by atoms with E-state index in [9.17, 15) is 0 Å². The fourth-order valence-electron chi connectivity index (χ4n) is 3.74. The first-order valence-electron chi connectivity index (χ1n) is 6.68. The highest BCUT2D eigenvalue weighted by Gasteiger charge is 2.47. The van der Waals surface area contributed by atoms with Gasteiger partial charge in [0.15, 0.2) is 0 Å². The van der Waals surface area contributed by atoms with E-state index in [0.717, 1.165) is 17.8 Å². The molecule has 0 N–H and O–H groups in total. The molecule has 0 aromatic rings. The van der Waals surface area contributed by atoms with Crippen molar-refractivity contribution in [1.82, 2.24) is 0 Å². The number of allylic oxidation sites excluding steroid dienone is 1. The predicted molar refractivity (Wildman–Crippen MR) is 66.8 cm³/mol. The first-order valence-corrected chi connectivity index (χ1v) is 6.68. The van der Waals surface area contributed by atoms with Gasteiger partial charge in [0.2, 0.25) is 0 Å². The van der Waals surface area contributed by atoms with Gasteiger partial charge in [-0.3, -0.25) is 0 Å². The third kappa shape index (κ3) is 2.14. The van der Waals surface area contributed by atoms with E-state index in [1.165, 1.54) is 38.5 Å². The van der Waals surface area contributed by atoms with Gasteiger partial charge in [0.25, 0.3) is 0 Å². The Hall–Kier alpha value is -0.260. The Kier molecular flexibility index (Phi) is 2.96. The molecule has 0 bridgehead atoms. The van der Waals surface area contributed by atoms with Crippen LogP contribution in [0.2, 0.25) is 0 Å². The summed E-state index contributed by atoms with van der Waals surface area (Å²) in [5.74, 6) is 2.74. The molecule has 0 heterocycles. The highest BCUT2D eigenvalue weighted by molar-refractivity contribution is 5.13. The van der Waals surface area contributed by atoms with Crippen LogP contribution in [0.15, 0.2) is 12.2 Å². The quantitative estimate of drug-likeness (QED) is 0.499. The van der Waals surface area contributed by atoms with Crippen LogP contribution in [-0.4, -0.2) is 0 Å². The van der Waals surface area contributed by atoms with Gasteiger partial charge >= 0.3 is 0 Å². The monoisotopic (exact) mass is 206 g/mol. The predicted octanol–water partition coefficient (Wildman–Crippen LogP) is 4.81. The topological polar surface area (TPSA) is 0 Å². The van der Waals surface area contributed by atoms with Gasteiger partial charge in [-0.25, -0.2) is 0 Å². The molecule has 0 unspecified atom stereocenters. The van der Waals surface area contributed by atoms with Gasteiger partial charge < -0.3 is 0 Å².